The topological polar surface area (TPSA) is 47.6 Å². The van der Waals surface area contributed by atoms with Crippen molar-refractivity contribution in [3.05, 3.63) is 29.3 Å². The van der Waals surface area contributed by atoms with E-state index in [1.54, 1.807) is 0 Å². The number of rotatable bonds is 9. The first-order valence-corrected chi connectivity index (χ1v) is 9.89. The van der Waals surface area contributed by atoms with Gasteiger partial charge in [0, 0.05) is 23.8 Å². The minimum Gasteiger partial charge on any atom is -0.494 e. The molecule has 0 unspecified atom stereocenters. The first-order valence-electron chi connectivity index (χ1n) is 9.89. The quantitative estimate of drug-likeness (QED) is 0.513. The number of nitrogens with one attached hydrogen (secondary N) is 1. The molecule has 4 heteroatoms. The summed E-state index contributed by atoms with van der Waals surface area (Å²) in [5.74, 6) is 0.828. The summed E-state index contributed by atoms with van der Waals surface area (Å²) < 4.78 is 11.4. The zero-order valence-corrected chi connectivity index (χ0v) is 15.8. The van der Waals surface area contributed by atoms with Crippen LogP contribution in [-0.4, -0.2) is 25.2 Å². The molecule has 0 heterocycles. The predicted octanol–water partition coefficient (Wildman–Crippen LogP) is 4.85. The predicted molar refractivity (Wildman–Crippen MR) is 101 cm³/mol. The van der Waals surface area contributed by atoms with E-state index in [1.807, 2.05) is 25.1 Å². The maximum absolute atomic E-state index is 12.6. The minimum atomic E-state index is 0.0183. The largest absolute Gasteiger partial charge is 0.494 e. The van der Waals surface area contributed by atoms with Crippen LogP contribution in [-0.2, 0) is 11.3 Å². The van der Waals surface area contributed by atoms with Crippen LogP contribution in [0.2, 0.25) is 0 Å². The average molecular weight is 347 g/mol. The third kappa shape index (κ3) is 6.69. The lowest BCUT2D eigenvalue weighted by Gasteiger charge is -2.17. The summed E-state index contributed by atoms with van der Waals surface area (Å²) in [6.45, 7) is 5.94. The number of unbranched alkanes of at least 4 members (excludes halogenated alkanes) is 1. The molecule has 0 atom stereocenters. The first-order chi connectivity index (χ1) is 12.2. The van der Waals surface area contributed by atoms with Crippen molar-refractivity contribution in [2.75, 3.05) is 13.2 Å². The van der Waals surface area contributed by atoms with Gasteiger partial charge in [-0.1, -0.05) is 39.0 Å². The Morgan fingerprint density at radius 3 is 2.60 bits per heavy atom. The van der Waals surface area contributed by atoms with Gasteiger partial charge in [-0.2, -0.15) is 0 Å². The molecule has 1 aliphatic rings. The summed E-state index contributed by atoms with van der Waals surface area (Å²) in [7, 11) is 0. The molecule has 1 N–H and O–H groups in total. The molecule has 4 nitrogen and oxygen atoms in total. The lowest BCUT2D eigenvalue weighted by Crippen LogP contribution is -2.34. The van der Waals surface area contributed by atoms with Crippen molar-refractivity contribution in [1.29, 1.82) is 0 Å². The Balaban J connectivity index is 2.01. The second-order valence-corrected chi connectivity index (χ2v) is 6.82. The molecule has 0 bridgehead atoms. The van der Waals surface area contributed by atoms with Gasteiger partial charge in [-0.15, -0.1) is 0 Å². The van der Waals surface area contributed by atoms with E-state index in [9.17, 15) is 4.79 Å². The van der Waals surface area contributed by atoms with Gasteiger partial charge >= 0.3 is 0 Å². The number of carbonyl (C=O) groups excluding carboxylic acids is 1. The summed E-state index contributed by atoms with van der Waals surface area (Å²) >= 11 is 0. The molecular weight excluding hydrogens is 314 g/mol. The lowest BCUT2D eigenvalue weighted by molar-refractivity contribution is 0.0932. The lowest BCUT2D eigenvalue weighted by atomic mass is 10.1. The van der Waals surface area contributed by atoms with Crippen LogP contribution in [0.25, 0.3) is 0 Å². The second-order valence-electron chi connectivity index (χ2n) is 6.82. The van der Waals surface area contributed by atoms with Gasteiger partial charge in [-0.3, -0.25) is 4.79 Å². The average Bonchev–Trinajstić information content (AvgIpc) is 2.88. The molecule has 1 aromatic carbocycles. The van der Waals surface area contributed by atoms with Crippen LogP contribution < -0.4 is 10.1 Å². The van der Waals surface area contributed by atoms with Crippen molar-refractivity contribution in [3.63, 3.8) is 0 Å². The number of hydrogen-bond acceptors (Lipinski definition) is 3. The number of benzene rings is 1. The van der Waals surface area contributed by atoms with Gasteiger partial charge in [-0.05, 0) is 44.4 Å². The molecule has 0 saturated heterocycles. The maximum atomic E-state index is 12.6. The monoisotopic (exact) mass is 347 g/mol. The second kappa shape index (κ2) is 11.1. The highest BCUT2D eigenvalue weighted by atomic mass is 16.5. The van der Waals surface area contributed by atoms with E-state index in [0.717, 1.165) is 43.6 Å². The van der Waals surface area contributed by atoms with Crippen LogP contribution in [0.4, 0.5) is 0 Å². The zero-order valence-electron chi connectivity index (χ0n) is 15.8. The zero-order chi connectivity index (χ0) is 17.9. The van der Waals surface area contributed by atoms with E-state index in [-0.39, 0.29) is 5.91 Å². The van der Waals surface area contributed by atoms with Crippen molar-refractivity contribution >= 4 is 5.91 Å². The Kier molecular flexibility index (Phi) is 8.81. The standard InChI is InChI=1S/C21H33NO3/c1-3-5-14-24-16-18-15-17(12-13-20(18)25-4-2)21(23)22-19-10-8-6-7-9-11-19/h12-13,15,19H,3-11,14,16H2,1-2H3,(H,22,23). The molecule has 1 aliphatic carbocycles. The molecule has 1 fully saturated rings. The van der Waals surface area contributed by atoms with Gasteiger partial charge in [0.15, 0.2) is 0 Å². The van der Waals surface area contributed by atoms with Crippen molar-refractivity contribution in [1.82, 2.24) is 5.32 Å². The Morgan fingerprint density at radius 1 is 1.16 bits per heavy atom. The molecule has 1 saturated carbocycles. The van der Waals surface area contributed by atoms with Gasteiger partial charge in [0.1, 0.15) is 5.75 Å². The normalized spacial score (nSPS) is 15.6. The SMILES string of the molecule is CCCCOCc1cc(C(=O)NC2CCCCCC2)ccc1OCC. The fourth-order valence-corrected chi connectivity index (χ4v) is 3.25. The van der Waals surface area contributed by atoms with Gasteiger partial charge in [0.2, 0.25) is 0 Å². The minimum absolute atomic E-state index is 0.0183. The number of hydrogen-bond donors (Lipinski definition) is 1. The van der Waals surface area contributed by atoms with Gasteiger partial charge < -0.3 is 14.8 Å². The van der Waals surface area contributed by atoms with Crippen LogP contribution in [0, 0.1) is 0 Å². The van der Waals surface area contributed by atoms with Crippen LogP contribution in [0.15, 0.2) is 18.2 Å². The van der Waals surface area contributed by atoms with E-state index in [1.165, 1.54) is 25.7 Å². The Morgan fingerprint density at radius 2 is 1.92 bits per heavy atom. The molecule has 0 spiro atoms. The maximum Gasteiger partial charge on any atom is 0.251 e. The fraction of sp³-hybridized carbons (Fsp3) is 0.667. The van der Waals surface area contributed by atoms with Crippen molar-refractivity contribution < 1.29 is 14.3 Å². The van der Waals surface area contributed by atoms with Crippen LogP contribution in [0.1, 0.15) is 81.1 Å². The Hall–Kier alpha value is -1.55. The summed E-state index contributed by atoms with van der Waals surface area (Å²) in [5.41, 5.74) is 1.65. The molecule has 0 radical (unpaired) electrons. The van der Waals surface area contributed by atoms with E-state index >= 15 is 0 Å². The number of ether oxygens (including phenoxy) is 2. The fourth-order valence-electron chi connectivity index (χ4n) is 3.25. The van der Waals surface area contributed by atoms with Gasteiger partial charge in [0.25, 0.3) is 5.91 Å². The molecule has 1 aromatic rings. The van der Waals surface area contributed by atoms with Crippen molar-refractivity contribution in [3.8, 4) is 5.75 Å². The Labute approximate surface area is 152 Å². The summed E-state index contributed by atoms with van der Waals surface area (Å²) in [6.07, 6.45) is 9.35. The van der Waals surface area contributed by atoms with E-state index < -0.39 is 0 Å². The highest BCUT2D eigenvalue weighted by molar-refractivity contribution is 5.94. The third-order valence-electron chi connectivity index (χ3n) is 4.71. The van der Waals surface area contributed by atoms with E-state index in [0.29, 0.717) is 24.8 Å². The van der Waals surface area contributed by atoms with Gasteiger partial charge in [-0.25, -0.2) is 0 Å². The van der Waals surface area contributed by atoms with Crippen molar-refractivity contribution in [2.45, 2.75) is 77.9 Å². The van der Waals surface area contributed by atoms with Crippen molar-refractivity contribution in [2.24, 2.45) is 0 Å². The van der Waals surface area contributed by atoms with E-state index in [2.05, 4.69) is 12.2 Å². The smallest absolute Gasteiger partial charge is 0.251 e. The van der Waals surface area contributed by atoms with Crippen LogP contribution in [0.5, 0.6) is 5.75 Å². The molecule has 140 valence electrons. The third-order valence-corrected chi connectivity index (χ3v) is 4.71. The molecular formula is C21H33NO3. The summed E-state index contributed by atoms with van der Waals surface area (Å²) in [5, 5.41) is 3.21. The first kappa shape index (κ1) is 19.8. The van der Waals surface area contributed by atoms with E-state index in [4.69, 9.17) is 9.47 Å². The molecule has 0 aromatic heterocycles. The molecule has 1 amide bonds. The summed E-state index contributed by atoms with van der Waals surface area (Å²) in [6, 6.07) is 5.98. The van der Waals surface area contributed by atoms with Crippen LogP contribution in [0.3, 0.4) is 0 Å². The number of amides is 1. The van der Waals surface area contributed by atoms with Gasteiger partial charge in [0.05, 0.1) is 13.2 Å². The molecule has 25 heavy (non-hydrogen) atoms. The highest BCUT2D eigenvalue weighted by Crippen LogP contribution is 2.23. The highest BCUT2D eigenvalue weighted by Gasteiger charge is 2.17. The molecule has 2 rings (SSSR count). The summed E-state index contributed by atoms with van der Waals surface area (Å²) in [4.78, 5) is 12.6. The number of carbonyl (C=O) groups is 1. The molecule has 0 aliphatic heterocycles. The van der Waals surface area contributed by atoms with Crippen LogP contribution >= 0.6 is 0 Å². The Bertz CT molecular complexity index is 522.